The zero-order valence-electron chi connectivity index (χ0n) is 11.3. The van der Waals surface area contributed by atoms with E-state index in [2.05, 4.69) is 19.2 Å². The van der Waals surface area contributed by atoms with Gasteiger partial charge < -0.3 is 5.32 Å². The average Bonchev–Trinajstić information content (AvgIpc) is 2.73. The van der Waals surface area contributed by atoms with Crippen LogP contribution in [-0.4, -0.2) is 12.5 Å². The molecule has 1 unspecified atom stereocenters. The Morgan fingerprint density at radius 3 is 2.41 bits per heavy atom. The van der Waals surface area contributed by atoms with Crippen molar-refractivity contribution < 1.29 is 4.79 Å². The average molecular weight is 236 g/mol. The fourth-order valence-corrected chi connectivity index (χ4v) is 2.93. The highest BCUT2D eigenvalue weighted by atomic mass is 16.1. The molecule has 0 aliphatic heterocycles. The molecule has 0 aromatic heterocycles. The third-order valence-electron chi connectivity index (χ3n) is 3.73. The third-order valence-corrected chi connectivity index (χ3v) is 3.73. The zero-order chi connectivity index (χ0) is 12.9. The maximum absolute atomic E-state index is 11.6. The van der Waals surface area contributed by atoms with E-state index in [9.17, 15) is 4.79 Å². The molecular weight excluding hydrogens is 212 g/mol. The molecule has 1 atom stereocenters. The summed E-state index contributed by atoms with van der Waals surface area (Å²) in [5.41, 5.74) is 0.291. The van der Waals surface area contributed by atoms with E-state index in [4.69, 9.17) is 5.26 Å². The second-order valence-electron chi connectivity index (χ2n) is 5.87. The molecular formula is C14H24N2O. The summed E-state index contributed by atoms with van der Waals surface area (Å²) in [6.45, 7) is 6.87. The smallest absolute Gasteiger partial charge is 0.237 e. The summed E-state index contributed by atoms with van der Waals surface area (Å²) in [7, 11) is 0. The molecule has 3 heteroatoms. The number of rotatable bonds is 5. The molecule has 1 N–H and O–H groups in total. The lowest BCUT2D eigenvalue weighted by molar-refractivity contribution is -0.123. The topological polar surface area (TPSA) is 52.9 Å². The number of carbonyl (C=O) groups excluding carboxylic acids is 1. The molecule has 1 aliphatic carbocycles. The first kappa shape index (κ1) is 14.0. The summed E-state index contributed by atoms with van der Waals surface area (Å²) in [6.07, 6.45) is 6.15. The van der Waals surface area contributed by atoms with Crippen LogP contribution in [0.5, 0.6) is 0 Å². The van der Waals surface area contributed by atoms with Crippen molar-refractivity contribution >= 4 is 5.91 Å². The Labute approximate surface area is 105 Å². The number of carbonyl (C=O) groups is 1. The van der Waals surface area contributed by atoms with Gasteiger partial charge in [-0.2, -0.15) is 5.26 Å². The number of hydrogen-bond acceptors (Lipinski definition) is 2. The molecule has 0 spiro atoms. The molecule has 0 bridgehead atoms. The van der Waals surface area contributed by atoms with E-state index >= 15 is 0 Å². The molecule has 0 aromatic rings. The Morgan fingerprint density at radius 2 is 1.94 bits per heavy atom. The summed E-state index contributed by atoms with van der Waals surface area (Å²) in [5, 5.41) is 11.7. The van der Waals surface area contributed by atoms with Gasteiger partial charge in [0.1, 0.15) is 5.92 Å². The van der Waals surface area contributed by atoms with Gasteiger partial charge in [0.05, 0.1) is 6.07 Å². The van der Waals surface area contributed by atoms with E-state index < -0.39 is 5.92 Å². The SMILES string of the molecule is CC(C)CC1(CNC(=O)C(C)C#N)CCCC1. The van der Waals surface area contributed by atoms with Crippen molar-refractivity contribution in [3.05, 3.63) is 0 Å². The summed E-state index contributed by atoms with van der Waals surface area (Å²) in [5.74, 6) is 0.00780. The third kappa shape index (κ3) is 4.03. The monoisotopic (exact) mass is 236 g/mol. The van der Waals surface area contributed by atoms with E-state index in [1.807, 2.05) is 6.07 Å². The van der Waals surface area contributed by atoms with Gasteiger partial charge in [-0.15, -0.1) is 0 Å². The Kier molecular flexibility index (Phi) is 4.99. The van der Waals surface area contributed by atoms with E-state index in [1.54, 1.807) is 6.92 Å². The second kappa shape index (κ2) is 6.05. The summed E-state index contributed by atoms with van der Waals surface area (Å²) >= 11 is 0. The van der Waals surface area contributed by atoms with Crippen molar-refractivity contribution in [3.8, 4) is 6.07 Å². The van der Waals surface area contributed by atoms with Crippen LogP contribution in [0.25, 0.3) is 0 Å². The molecule has 3 nitrogen and oxygen atoms in total. The molecule has 0 heterocycles. The molecule has 0 radical (unpaired) electrons. The quantitative estimate of drug-likeness (QED) is 0.798. The maximum Gasteiger partial charge on any atom is 0.237 e. The van der Waals surface area contributed by atoms with Crippen LogP contribution in [-0.2, 0) is 4.79 Å². The van der Waals surface area contributed by atoms with Crippen LogP contribution in [0.1, 0.15) is 52.9 Å². The lowest BCUT2D eigenvalue weighted by Gasteiger charge is -2.31. The Bertz CT molecular complexity index is 298. The van der Waals surface area contributed by atoms with Gasteiger partial charge in [-0.3, -0.25) is 4.79 Å². The number of nitriles is 1. The number of nitrogens with one attached hydrogen (secondary N) is 1. The highest BCUT2D eigenvalue weighted by Gasteiger charge is 2.34. The van der Waals surface area contributed by atoms with Crippen molar-refractivity contribution in [2.24, 2.45) is 17.3 Å². The van der Waals surface area contributed by atoms with Gasteiger partial charge in [-0.1, -0.05) is 26.7 Å². The van der Waals surface area contributed by atoms with Crippen molar-refractivity contribution in [1.82, 2.24) is 5.32 Å². The van der Waals surface area contributed by atoms with Gasteiger partial charge in [0.25, 0.3) is 0 Å². The lowest BCUT2D eigenvalue weighted by Crippen LogP contribution is -2.38. The largest absolute Gasteiger partial charge is 0.354 e. The Balaban J connectivity index is 2.51. The summed E-state index contributed by atoms with van der Waals surface area (Å²) in [6, 6.07) is 1.98. The molecule has 1 amide bonds. The first-order chi connectivity index (χ1) is 7.99. The summed E-state index contributed by atoms with van der Waals surface area (Å²) < 4.78 is 0. The number of nitrogens with zero attached hydrogens (tertiary/aromatic N) is 1. The second-order valence-corrected chi connectivity index (χ2v) is 5.87. The van der Waals surface area contributed by atoms with Gasteiger partial charge >= 0.3 is 0 Å². The van der Waals surface area contributed by atoms with E-state index in [0.29, 0.717) is 11.3 Å². The molecule has 1 rings (SSSR count). The fraction of sp³-hybridized carbons (Fsp3) is 0.857. The van der Waals surface area contributed by atoms with Gasteiger partial charge in [-0.25, -0.2) is 0 Å². The molecule has 0 aromatic carbocycles. The highest BCUT2D eigenvalue weighted by molar-refractivity contribution is 5.80. The standard InChI is InChI=1S/C14H24N2O/c1-11(2)8-14(6-4-5-7-14)10-16-13(17)12(3)9-15/h11-12H,4-8,10H2,1-3H3,(H,16,17). The fourth-order valence-electron chi connectivity index (χ4n) is 2.93. The van der Waals surface area contributed by atoms with Gasteiger partial charge in [0.15, 0.2) is 0 Å². The van der Waals surface area contributed by atoms with Crippen molar-refractivity contribution in [2.45, 2.75) is 52.9 Å². The van der Waals surface area contributed by atoms with E-state index in [1.165, 1.54) is 32.1 Å². The maximum atomic E-state index is 11.6. The van der Waals surface area contributed by atoms with E-state index in [-0.39, 0.29) is 5.91 Å². The molecule has 96 valence electrons. The van der Waals surface area contributed by atoms with Crippen LogP contribution in [0.3, 0.4) is 0 Å². The van der Waals surface area contributed by atoms with Crippen molar-refractivity contribution in [2.75, 3.05) is 6.54 Å². The van der Waals surface area contributed by atoms with Gasteiger partial charge in [0, 0.05) is 6.54 Å². The zero-order valence-corrected chi connectivity index (χ0v) is 11.3. The van der Waals surface area contributed by atoms with E-state index in [0.717, 1.165) is 6.54 Å². The lowest BCUT2D eigenvalue weighted by atomic mass is 9.78. The number of hydrogen-bond donors (Lipinski definition) is 1. The van der Waals surface area contributed by atoms with Crippen LogP contribution >= 0.6 is 0 Å². The predicted octanol–water partition coefficient (Wildman–Crippen LogP) is 2.87. The van der Waals surface area contributed by atoms with Crippen molar-refractivity contribution in [1.29, 1.82) is 5.26 Å². The Hall–Kier alpha value is -1.04. The van der Waals surface area contributed by atoms with Crippen LogP contribution in [0.2, 0.25) is 0 Å². The van der Waals surface area contributed by atoms with Gasteiger partial charge in [-0.05, 0) is 37.5 Å². The first-order valence-corrected chi connectivity index (χ1v) is 6.66. The molecule has 1 saturated carbocycles. The minimum absolute atomic E-state index is 0.123. The molecule has 1 aliphatic rings. The number of amides is 1. The minimum atomic E-state index is -0.535. The minimum Gasteiger partial charge on any atom is -0.354 e. The van der Waals surface area contributed by atoms with Gasteiger partial charge in [0.2, 0.25) is 5.91 Å². The molecule has 1 fully saturated rings. The Morgan fingerprint density at radius 1 is 1.35 bits per heavy atom. The highest BCUT2D eigenvalue weighted by Crippen LogP contribution is 2.42. The van der Waals surface area contributed by atoms with Crippen LogP contribution in [0, 0.1) is 28.6 Å². The van der Waals surface area contributed by atoms with Crippen LogP contribution in [0.4, 0.5) is 0 Å². The van der Waals surface area contributed by atoms with Crippen LogP contribution < -0.4 is 5.32 Å². The van der Waals surface area contributed by atoms with Crippen molar-refractivity contribution in [3.63, 3.8) is 0 Å². The first-order valence-electron chi connectivity index (χ1n) is 6.66. The molecule has 17 heavy (non-hydrogen) atoms. The van der Waals surface area contributed by atoms with Crippen LogP contribution in [0.15, 0.2) is 0 Å². The summed E-state index contributed by atoms with van der Waals surface area (Å²) in [4.78, 5) is 11.6. The molecule has 0 saturated heterocycles. The predicted molar refractivity (Wildman–Crippen MR) is 68.1 cm³/mol. The normalized spacial score (nSPS) is 19.9.